The number of hydrogen-bond donors (Lipinski definition) is 1. The first kappa shape index (κ1) is 16.7. The molecular weight excluding hydrogens is 288 g/mol. The maximum absolute atomic E-state index is 12.0. The topological polar surface area (TPSA) is 38.3 Å². The van der Waals surface area contributed by atoms with Gasteiger partial charge in [-0.3, -0.25) is 4.79 Å². The molecule has 6 heteroatoms. The second-order valence-electron chi connectivity index (χ2n) is 5.19. The van der Waals surface area contributed by atoms with Gasteiger partial charge in [0.1, 0.15) is 5.75 Å². The number of ether oxygens (including phenoxy) is 1. The highest BCUT2D eigenvalue weighted by Crippen LogP contribution is 2.20. The van der Waals surface area contributed by atoms with Crippen LogP contribution in [0.15, 0.2) is 24.3 Å². The Kier molecular flexibility index (Phi) is 6.20. The molecule has 20 heavy (non-hydrogen) atoms. The molecule has 1 aromatic rings. The average molecular weight is 306 g/mol. The van der Waals surface area contributed by atoms with E-state index >= 15 is 0 Å². The van der Waals surface area contributed by atoms with E-state index in [9.17, 15) is 13.6 Å². The predicted octanol–water partition coefficient (Wildman–Crippen LogP) is 3.67. The van der Waals surface area contributed by atoms with Crippen LogP contribution < -0.4 is 10.1 Å². The maximum atomic E-state index is 12.0. The normalized spacial score (nSPS) is 11.5. The highest BCUT2D eigenvalue weighted by atomic mass is 35.5. The molecule has 112 valence electrons. The minimum Gasteiger partial charge on any atom is -0.435 e. The molecule has 1 aromatic carbocycles. The molecule has 1 amide bonds. The number of hydrogen-bond acceptors (Lipinski definition) is 2. The summed E-state index contributed by atoms with van der Waals surface area (Å²) in [6.07, 6.45) is 0.788. The van der Waals surface area contributed by atoms with Crippen LogP contribution in [0, 0.1) is 5.41 Å². The Morgan fingerprint density at radius 3 is 2.45 bits per heavy atom. The fourth-order valence-corrected chi connectivity index (χ4v) is 2.07. The molecule has 3 nitrogen and oxygen atoms in total. The fourth-order valence-electron chi connectivity index (χ4n) is 1.55. The summed E-state index contributed by atoms with van der Waals surface area (Å²) in [6.45, 7) is 1.64. The number of rotatable bonds is 7. The average Bonchev–Trinajstić information content (AvgIpc) is 2.36. The molecule has 0 saturated heterocycles. The van der Waals surface area contributed by atoms with E-state index in [1.165, 1.54) is 24.3 Å². The minimum absolute atomic E-state index is 0.0269. The van der Waals surface area contributed by atoms with Crippen molar-refractivity contribution in [1.82, 2.24) is 5.32 Å². The van der Waals surface area contributed by atoms with Crippen molar-refractivity contribution in [2.24, 2.45) is 5.41 Å². The van der Waals surface area contributed by atoms with Crippen molar-refractivity contribution in [1.29, 1.82) is 0 Å². The summed E-state index contributed by atoms with van der Waals surface area (Å²) in [4.78, 5) is 11.9. The third-order valence-electron chi connectivity index (χ3n) is 2.84. The van der Waals surface area contributed by atoms with Crippen molar-refractivity contribution in [2.75, 3.05) is 12.4 Å². The van der Waals surface area contributed by atoms with Gasteiger partial charge in [-0.1, -0.05) is 13.8 Å². The molecule has 0 heterocycles. The standard InChI is InChI=1S/C14H18ClF2NO2/c1-14(2,7-8-15)9-18-12(19)10-3-5-11(6-4-10)20-13(16)17/h3-6,13H,7-9H2,1-2H3,(H,18,19). The zero-order valence-electron chi connectivity index (χ0n) is 11.5. The first-order valence-electron chi connectivity index (χ1n) is 6.23. The maximum Gasteiger partial charge on any atom is 0.387 e. The molecule has 0 atom stereocenters. The SMILES string of the molecule is CC(C)(CCCl)CNC(=O)c1ccc(OC(F)F)cc1. The number of carbonyl (C=O) groups excluding carboxylic acids is 1. The first-order valence-corrected chi connectivity index (χ1v) is 6.76. The summed E-state index contributed by atoms with van der Waals surface area (Å²) < 4.78 is 28.2. The van der Waals surface area contributed by atoms with Crippen LogP contribution in [0.3, 0.4) is 0 Å². The van der Waals surface area contributed by atoms with Gasteiger partial charge in [-0.25, -0.2) is 0 Å². The van der Waals surface area contributed by atoms with Crippen molar-refractivity contribution < 1.29 is 18.3 Å². The predicted molar refractivity (Wildman–Crippen MR) is 74.5 cm³/mol. The van der Waals surface area contributed by atoms with Crippen molar-refractivity contribution in [3.8, 4) is 5.75 Å². The number of halogens is 3. The number of carbonyl (C=O) groups is 1. The summed E-state index contributed by atoms with van der Waals surface area (Å²) in [5.74, 6) is 0.304. The minimum atomic E-state index is -2.87. The third kappa shape index (κ3) is 5.74. The molecule has 0 aromatic heterocycles. The fraction of sp³-hybridized carbons (Fsp3) is 0.500. The van der Waals surface area contributed by atoms with Gasteiger partial charge in [0.05, 0.1) is 0 Å². The molecule has 0 aliphatic heterocycles. The summed E-state index contributed by atoms with van der Waals surface area (Å²) in [7, 11) is 0. The monoisotopic (exact) mass is 305 g/mol. The first-order chi connectivity index (χ1) is 9.34. The summed E-state index contributed by atoms with van der Waals surface area (Å²) in [5, 5.41) is 2.80. The van der Waals surface area contributed by atoms with Crippen LogP contribution in [0.5, 0.6) is 5.75 Å². The van der Waals surface area contributed by atoms with Gasteiger partial charge in [0.2, 0.25) is 0 Å². The molecule has 0 radical (unpaired) electrons. The lowest BCUT2D eigenvalue weighted by molar-refractivity contribution is -0.0498. The van der Waals surface area contributed by atoms with Gasteiger partial charge >= 0.3 is 6.61 Å². The summed E-state index contributed by atoms with van der Waals surface area (Å²) in [5.41, 5.74) is 0.309. The smallest absolute Gasteiger partial charge is 0.387 e. The van der Waals surface area contributed by atoms with Gasteiger partial charge < -0.3 is 10.1 Å². The molecule has 1 rings (SSSR count). The van der Waals surface area contributed by atoms with E-state index < -0.39 is 6.61 Å². The molecule has 0 spiro atoms. The Labute approximate surface area is 122 Å². The Morgan fingerprint density at radius 2 is 1.95 bits per heavy atom. The Balaban J connectivity index is 2.55. The van der Waals surface area contributed by atoms with Crippen LogP contribution in [0.2, 0.25) is 0 Å². The molecule has 1 N–H and O–H groups in total. The largest absolute Gasteiger partial charge is 0.435 e. The van der Waals surface area contributed by atoms with Gasteiger partial charge in [0.15, 0.2) is 0 Å². The molecule has 0 aliphatic carbocycles. The lowest BCUT2D eigenvalue weighted by Gasteiger charge is -2.23. The highest BCUT2D eigenvalue weighted by Gasteiger charge is 2.18. The number of alkyl halides is 3. The number of benzene rings is 1. The van der Waals surface area contributed by atoms with Crippen molar-refractivity contribution in [3.63, 3.8) is 0 Å². The highest BCUT2D eigenvalue weighted by molar-refractivity contribution is 6.17. The van der Waals surface area contributed by atoms with Gasteiger partial charge in [-0.05, 0) is 36.1 Å². The summed E-state index contributed by atoms with van der Waals surface area (Å²) in [6, 6.07) is 5.57. The third-order valence-corrected chi connectivity index (χ3v) is 3.03. The van der Waals surface area contributed by atoms with Crippen LogP contribution in [0.1, 0.15) is 30.6 Å². The van der Waals surface area contributed by atoms with E-state index in [-0.39, 0.29) is 17.1 Å². The van der Waals surface area contributed by atoms with Gasteiger partial charge in [0, 0.05) is 18.0 Å². The zero-order valence-corrected chi connectivity index (χ0v) is 12.2. The van der Waals surface area contributed by atoms with Crippen molar-refractivity contribution in [3.05, 3.63) is 29.8 Å². The van der Waals surface area contributed by atoms with E-state index in [4.69, 9.17) is 11.6 Å². The van der Waals surface area contributed by atoms with E-state index in [1.807, 2.05) is 13.8 Å². The molecule has 0 fully saturated rings. The Bertz CT molecular complexity index is 435. The lowest BCUT2D eigenvalue weighted by Crippen LogP contribution is -2.34. The van der Waals surface area contributed by atoms with Gasteiger partial charge in [-0.2, -0.15) is 8.78 Å². The van der Waals surface area contributed by atoms with E-state index in [2.05, 4.69) is 10.1 Å². The number of amides is 1. The van der Waals surface area contributed by atoms with Crippen LogP contribution in [0.4, 0.5) is 8.78 Å². The van der Waals surface area contributed by atoms with E-state index in [0.717, 1.165) is 6.42 Å². The van der Waals surface area contributed by atoms with Crippen LogP contribution in [-0.2, 0) is 0 Å². The Hall–Kier alpha value is -1.36. The lowest BCUT2D eigenvalue weighted by atomic mass is 9.90. The molecule has 0 saturated carbocycles. The zero-order chi connectivity index (χ0) is 15.2. The Morgan fingerprint density at radius 1 is 1.35 bits per heavy atom. The molecule has 0 unspecified atom stereocenters. The van der Waals surface area contributed by atoms with Crippen molar-refractivity contribution >= 4 is 17.5 Å². The van der Waals surface area contributed by atoms with Crippen LogP contribution >= 0.6 is 11.6 Å². The van der Waals surface area contributed by atoms with Crippen molar-refractivity contribution in [2.45, 2.75) is 26.9 Å². The van der Waals surface area contributed by atoms with Gasteiger partial charge in [-0.15, -0.1) is 11.6 Å². The number of nitrogens with one attached hydrogen (secondary N) is 1. The summed E-state index contributed by atoms with van der Waals surface area (Å²) >= 11 is 5.69. The second kappa shape index (κ2) is 7.43. The van der Waals surface area contributed by atoms with Gasteiger partial charge in [0.25, 0.3) is 5.91 Å². The van der Waals surface area contributed by atoms with Crippen LogP contribution in [-0.4, -0.2) is 24.9 Å². The van der Waals surface area contributed by atoms with E-state index in [1.54, 1.807) is 0 Å². The van der Waals surface area contributed by atoms with Crippen LogP contribution in [0.25, 0.3) is 0 Å². The molecule has 0 aliphatic rings. The molecule has 0 bridgehead atoms. The molecular formula is C14H18ClF2NO2. The van der Waals surface area contributed by atoms with E-state index in [0.29, 0.717) is 18.0 Å². The quantitative estimate of drug-likeness (QED) is 0.781. The second-order valence-corrected chi connectivity index (χ2v) is 5.57.